The Hall–Kier alpha value is -0.890. The SMILES string of the molecule is CC.CN1CCC(c2ccccn2)CC1. The van der Waals surface area contributed by atoms with Crippen molar-refractivity contribution >= 4 is 0 Å². The van der Waals surface area contributed by atoms with Crippen molar-refractivity contribution in [2.75, 3.05) is 20.1 Å². The molecule has 1 aliphatic rings. The van der Waals surface area contributed by atoms with Crippen LogP contribution in [-0.2, 0) is 0 Å². The van der Waals surface area contributed by atoms with Crippen molar-refractivity contribution in [1.82, 2.24) is 9.88 Å². The normalized spacial score (nSPS) is 18.1. The highest BCUT2D eigenvalue weighted by Gasteiger charge is 2.18. The van der Waals surface area contributed by atoms with E-state index in [4.69, 9.17) is 0 Å². The fraction of sp³-hybridized carbons (Fsp3) is 0.615. The van der Waals surface area contributed by atoms with Crippen LogP contribution in [0.4, 0.5) is 0 Å². The highest BCUT2D eigenvalue weighted by molar-refractivity contribution is 5.10. The van der Waals surface area contributed by atoms with Gasteiger partial charge in [-0.3, -0.25) is 4.98 Å². The molecule has 0 radical (unpaired) electrons. The Morgan fingerprint density at radius 1 is 1.20 bits per heavy atom. The molecule has 0 bridgehead atoms. The number of nitrogens with zero attached hydrogens (tertiary/aromatic N) is 2. The highest BCUT2D eigenvalue weighted by atomic mass is 15.1. The summed E-state index contributed by atoms with van der Waals surface area (Å²) in [6, 6.07) is 6.22. The number of piperidine rings is 1. The molecule has 0 amide bonds. The second-order valence-corrected chi connectivity index (χ2v) is 3.83. The maximum Gasteiger partial charge on any atom is 0.0435 e. The van der Waals surface area contributed by atoms with Crippen LogP contribution in [0.1, 0.15) is 38.3 Å². The molecule has 2 rings (SSSR count). The smallest absolute Gasteiger partial charge is 0.0435 e. The van der Waals surface area contributed by atoms with E-state index in [-0.39, 0.29) is 0 Å². The van der Waals surface area contributed by atoms with E-state index in [1.807, 2.05) is 26.1 Å². The molecule has 0 saturated carbocycles. The number of hydrogen-bond donors (Lipinski definition) is 0. The second-order valence-electron chi connectivity index (χ2n) is 3.83. The average molecular weight is 206 g/mol. The van der Waals surface area contributed by atoms with Crippen LogP contribution in [0.3, 0.4) is 0 Å². The number of likely N-dealkylation sites (tertiary alicyclic amines) is 1. The zero-order chi connectivity index (χ0) is 11.1. The minimum atomic E-state index is 0.692. The summed E-state index contributed by atoms with van der Waals surface area (Å²) < 4.78 is 0. The Morgan fingerprint density at radius 2 is 1.87 bits per heavy atom. The third kappa shape index (κ3) is 3.63. The second kappa shape index (κ2) is 6.57. The third-order valence-electron chi connectivity index (χ3n) is 2.82. The molecule has 2 nitrogen and oxygen atoms in total. The van der Waals surface area contributed by atoms with Gasteiger partial charge in [-0.2, -0.15) is 0 Å². The van der Waals surface area contributed by atoms with Gasteiger partial charge in [0.25, 0.3) is 0 Å². The van der Waals surface area contributed by atoms with E-state index in [0.717, 1.165) is 0 Å². The lowest BCUT2D eigenvalue weighted by molar-refractivity contribution is 0.253. The lowest BCUT2D eigenvalue weighted by atomic mass is 9.93. The molecule has 0 spiro atoms. The molecule has 1 saturated heterocycles. The summed E-state index contributed by atoms with van der Waals surface area (Å²) in [6.45, 7) is 6.42. The Morgan fingerprint density at radius 3 is 2.40 bits per heavy atom. The molecule has 1 aromatic heterocycles. The van der Waals surface area contributed by atoms with Gasteiger partial charge in [0.05, 0.1) is 0 Å². The first-order valence-electron chi connectivity index (χ1n) is 5.96. The maximum atomic E-state index is 4.41. The summed E-state index contributed by atoms with van der Waals surface area (Å²) in [4.78, 5) is 6.80. The molecule has 15 heavy (non-hydrogen) atoms. The maximum absolute atomic E-state index is 4.41. The van der Waals surface area contributed by atoms with Gasteiger partial charge in [-0.25, -0.2) is 0 Å². The first-order chi connectivity index (χ1) is 7.36. The van der Waals surface area contributed by atoms with Crippen LogP contribution in [-0.4, -0.2) is 30.0 Å². The van der Waals surface area contributed by atoms with Crippen LogP contribution in [0.15, 0.2) is 24.4 Å². The van der Waals surface area contributed by atoms with Gasteiger partial charge < -0.3 is 4.90 Å². The quantitative estimate of drug-likeness (QED) is 0.702. The third-order valence-corrected chi connectivity index (χ3v) is 2.82. The average Bonchev–Trinajstić information content (AvgIpc) is 2.34. The molecule has 2 heterocycles. The molecule has 0 aliphatic carbocycles. The summed E-state index contributed by atoms with van der Waals surface area (Å²) in [5, 5.41) is 0. The Labute approximate surface area is 93.3 Å². The summed E-state index contributed by atoms with van der Waals surface area (Å²) in [5.74, 6) is 0.692. The predicted octanol–water partition coefficient (Wildman–Crippen LogP) is 2.92. The summed E-state index contributed by atoms with van der Waals surface area (Å²) in [7, 11) is 2.19. The van der Waals surface area contributed by atoms with Crippen LogP contribution in [0, 0.1) is 0 Å². The Balaban J connectivity index is 0.000000531. The number of rotatable bonds is 1. The molecule has 2 heteroatoms. The molecular weight excluding hydrogens is 184 g/mol. The standard InChI is InChI=1S/C11H16N2.C2H6/c1-13-8-5-10(6-9-13)11-4-2-3-7-12-11;1-2/h2-4,7,10H,5-6,8-9H2,1H3;1-2H3. The molecule has 0 N–H and O–H groups in total. The van der Waals surface area contributed by atoms with Crippen molar-refractivity contribution in [3.63, 3.8) is 0 Å². The van der Waals surface area contributed by atoms with Crippen LogP contribution in [0.2, 0.25) is 0 Å². The van der Waals surface area contributed by atoms with Crippen LogP contribution in [0.25, 0.3) is 0 Å². The zero-order valence-corrected chi connectivity index (χ0v) is 10.1. The molecule has 1 aliphatic heterocycles. The van der Waals surface area contributed by atoms with Crippen molar-refractivity contribution < 1.29 is 0 Å². The van der Waals surface area contributed by atoms with Gasteiger partial charge in [0.2, 0.25) is 0 Å². The minimum absolute atomic E-state index is 0.692. The number of hydrogen-bond acceptors (Lipinski definition) is 2. The van der Waals surface area contributed by atoms with Crippen LogP contribution >= 0.6 is 0 Å². The molecule has 1 aromatic rings. The van der Waals surface area contributed by atoms with E-state index in [1.54, 1.807) is 0 Å². The van der Waals surface area contributed by atoms with Gasteiger partial charge in [0.15, 0.2) is 0 Å². The largest absolute Gasteiger partial charge is 0.306 e. The summed E-state index contributed by atoms with van der Waals surface area (Å²) in [5.41, 5.74) is 1.27. The molecule has 0 unspecified atom stereocenters. The van der Waals surface area contributed by atoms with E-state index in [0.29, 0.717) is 5.92 Å². The predicted molar refractivity (Wildman–Crippen MR) is 65.1 cm³/mol. The molecule has 0 atom stereocenters. The first kappa shape index (κ1) is 12.2. The van der Waals surface area contributed by atoms with Crippen molar-refractivity contribution in [3.05, 3.63) is 30.1 Å². The van der Waals surface area contributed by atoms with Crippen molar-refractivity contribution in [2.24, 2.45) is 0 Å². The van der Waals surface area contributed by atoms with E-state index in [2.05, 4.69) is 29.1 Å². The van der Waals surface area contributed by atoms with Gasteiger partial charge >= 0.3 is 0 Å². The van der Waals surface area contributed by atoms with Gasteiger partial charge in [0.1, 0.15) is 0 Å². The van der Waals surface area contributed by atoms with Crippen LogP contribution < -0.4 is 0 Å². The van der Waals surface area contributed by atoms with Crippen molar-refractivity contribution in [2.45, 2.75) is 32.6 Å². The van der Waals surface area contributed by atoms with Gasteiger partial charge in [-0.05, 0) is 45.1 Å². The Kier molecular flexibility index (Phi) is 5.33. The number of pyridine rings is 1. The fourth-order valence-electron chi connectivity index (χ4n) is 1.92. The molecule has 0 aromatic carbocycles. The lowest BCUT2D eigenvalue weighted by Gasteiger charge is -2.28. The van der Waals surface area contributed by atoms with Crippen molar-refractivity contribution in [1.29, 1.82) is 0 Å². The minimum Gasteiger partial charge on any atom is -0.306 e. The van der Waals surface area contributed by atoms with E-state index < -0.39 is 0 Å². The molecule has 84 valence electrons. The molecule has 1 fully saturated rings. The Bertz CT molecular complexity index is 250. The van der Waals surface area contributed by atoms with E-state index >= 15 is 0 Å². The monoisotopic (exact) mass is 206 g/mol. The van der Waals surface area contributed by atoms with E-state index in [9.17, 15) is 0 Å². The van der Waals surface area contributed by atoms with E-state index in [1.165, 1.54) is 31.6 Å². The highest BCUT2D eigenvalue weighted by Crippen LogP contribution is 2.25. The van der Waals surface area contributed by atoms with Crippen molar-refractivity contribution in [3.8, 4) is 0 Å². The van der Waals surface area contributed by atoms with Gasteiger partial charge in [-0.15, -0.1) is 0 Å². The summed E-state index contributed by atoms with van der Waals surface area (Å²) in [6.07, 6.45) is 4.41. The summed E-state index contributed by atoms with van der Waals surface area (Å²) >= 11 is 0. The first-order valence-corrected chi connectivity index (χ1v) is 5.96. The topological polar surface area (TPSA) is 16.1 Å². The van der Waals surface area contributed by atoms with Gasteiger partial charge in [-0.1, -0.05) is 19.9 Å². The lowest BCUT2D eigenvalue weighted by Crippen LogP contribution is -2.29. The number of aromatic nitrogens is 1. The van der Waals surface area contributed by atoms with Crippen LogP contribution in [0.5, 0.6) is 0 Å². The zero-order valence-electron chi connectivity index (χ0n) is 10.1. The fourth-order valence-corrected chi connectivity index (χ4v) is 1.92. The molecular formula is C13H22N2. The van der Waals surface area contributed by atoms with Gasteiger partial charge in [0, 0.05) is 17.8 Å².